The Morgan fingerprint density at radius 1 is 0.823 bits per heavy atom. The standard InChI is InChI=1S/C58H71NO19Si/c1-32-37(74-53(70)44(78-79(9,10)54(3,4)5)42(34-21-14-11-15-22-34)59-51(68)35-23-16-12-17-24-35)29-58(71)50(76-52(69)36-25-18-13-19-26-36)46-56(8,47(66)43(73-33(2)61)41(32)55(58,6)7)48(67)45(75-40(65)30-60)49-57(46,31-72-49)77-39(64)28-20-27-38(62)63/h11-19,21-26,37,42-46,48-50,60,67,71H,20,27-31H2,1-10H3,(H,59,68)(H,62,63)/t37-,42-,43+,44+,45-,46-,48+,49+,50-,56+,57+,58+/m0/s1. The van der Waals surface area contributed by atoms with Crippen molar-refractivity contribution in [3.8, 4) is 0 Å². The first-order chi connectivity index (χ1) is 37.0. The summed E-state index contributed by atoms with van der Waals surface area (Å²) >= 11 is 0. The number of aliphatic hydroxyl groups is 3. The Hall–Kier alpha value is -6.62. The number of amides is 1. The Morgan fingerprint density at radius 2 is 1.41 bits per heavy atom. The van der Waals surface area contributed by atoms with E-state index >= 15 is 9.59 Å². The minimum atomic E-state index is -3.04. The second-order valence-electron chi connectivity index (χ2n) is 23.1. The third-order valence-electron chi connectivity index (χ3n) is 16.8. The number of ether oxygens (including phenoxy) is 6. The molecule has 1 aliphatic heterocycles. The number of hydrogen-bond donors (Lipinski definition) is 5. The van der Waals surface area contributed by atoms with Crippen molar-refractivity contribution < 1.29 is 91.6 Å². The number of aliphatic hydroxyl groups excluding tert-OH is 2. The highest BCUT2D eigenvalue weighted by Gasteiger charge is 2.81. The molecule has 1 amide bonds. The molecule has 0 unspecified atom stereocenters. The molecule has 79 heavy (non-hydrogen) atoms. The van der Waals surface area contributed by atoms with Gasteiger partial charge in [-0.1, -0.05) is 101 Å². The topological polar surface area (TPSA) is 294 Å². The number of rotatable bonds is 18. The van der Waals surface area contributed by atoms with Crippen molar-refractivity contribution >= 4 is 55.8 Å². The van der Waals surface area contributed by atoms with Gasteiger partial charge in [-0.05, 0) is 79.4 Å². The number of ketones is 1. The van der Waals surface area contributed by atoms with Gasteiger partial charge in [-0.3, -0.25) is 24.0 Å². The van der Waals surface area contributed by atoms with Crippen LogP contribution in [0.1, 0.15) is 113 Å². The lowest BCUT2D eigenvalue weighted by molar-refractivity contribution is -0.370. The summed E-state index contributed by atoms with van der Waals surface area (Å²) in [5.41, 5.74) is -8.73. The molecule has 3 fully saturated rings. The second kappa shape index (κ2) is 22.9. The molecule has 3 aromatic rings. The molecule has 3 aliphatic carbocycles. The third-order valence-corrected chi connectivity index (χ3v) is 21.3. The van der Waals surface area contributed by atoms with Gasteiger partial charge in [-0.2, -0.15) is 0 Å². The lowest BCUT2D eigenvalue weighted by atomic mass is 9.44. The normalized spacial score (nSPS) is 28.8. The predicted octanol–water partition coefficient (Wildman–Crippen LogP) is 5.51. The van der Waals surface area contributed by atoms with Crippen molar-refractivity contribution in [2.24, 2.45) is 16.7 Å². The van der Waals surface area contributed by atoms with Crippen molar-refractivity contribution in [1.29, 1.82) is 0 Å². The molecule has 20 nitrogen and oxygen atoms in total. The molecule has 0 aromatic heterocycles. The van der Waals surface area contributed by atoms with Gasteiger partial charge in [0.1, 0.15) is 36.6 Å². The first-order valence-corrected chi connectivity index (χ1v) is 29.1. The highest BCUT2D eigenvalue weighted by Crippen LogP contribution is 2.65. The number of carbonyl (C=O) groups excluding carboxylic acids is 7. The lowest BCUT2D eigenvalue weighted by Gasteiger charge is -2.68. The van der Waals surface area contributed by atoms with Crippen LogP contribution >= 0.6 is 0 Å². The van der Waals surface area contributed by atoms with Crippen molar-refractivity contribution in [2.75, 3.05) is 13.2 Å². The van der Waals surface area contributed by atoms with Crippen LogP contribution in [0.3, 0.4) is 0 Å². The van der Waals surface area contributed by atoms with Gasteiger partial charge in [-0.25, -0.2) is 14.4 Å². The van der Waals surface area contributed by atoms with Crippen LogP contribution in [0.15, 0.2) is 102 Å². The van der Waals surface area contributed by atoms with Crippen LogP contribution in [0.2, 0.25) is 18.1 Å². The molecule has 7 rings (SSSR count). The molecule has 1 heterocycles. The van der Waals surface area contributed by atoms with Gasteiger partial charge in [0.05, 0.1) is 29.5 Å². The highest BCUT2D eigenvalue weighted by atomic mass is 28.4. The maximum atomic E-state index is 16.3. The van der Waals surface area contributed by atoms with Gasteiger partial charge >= 0.3 is 35.8 Å². The van der Waals surface area contributed by atoms with Crippen LogP contribution in [0, 0.1) is 16.7 Å². The average molecular weight is 1110 g/mol. The van der Waals surface area contributed by atoms with E-state index < -0.39 is 170 Å². The Labute approximate surface area is 459 Å². The number of carboxylic acid groups (broad SMARTS) is 1. The van der Waals surface area contributed by atoms with Crippen LogP contribution in [-0.2, 0) is 61.6 Å². The number of aliphatic carboxylic acids is 1. The lowest BCUT2D eigenvalue weighted by Crippen LogP contribution is -2.85. The monoisotopic (exact) mass is 1110 g/mol. The summed E-state index contributed by atoms with van der Waals surface area (Å²) in [5.74, 6) is -10.3. The molecule has 2 saturated carbocycles. The van der Waals surface area contributed by atoms with E-state index in [1.165, 1.54) is 39.8 Å². The first-order valence-electron chi connectivity index (χ1n) is 26.2. The molecule has 426 valence electrons. The van der Waals surface area contributed by atoms with Gasteiger partial charge in [0.15, 0.2) is 38.0 Å². The molecule has 1 saturated heterocycles. The quantitative estimate of drug-likeness (QED) is 0.0454. The predicted molar refractivity (Wildman–Crippen MR) is 282 cm³/mol. The number of esters is 5. The Balaban J connectivity index is 1.48. The molecule has 0 radical (unpaired) electrons. The molecule has 21 heteroatoms. The Morgan fingerprint density at radius 3 is 1.94 bits per heavy atom. The fourth-order valence-electron chi connectivity index (χ4n) is 11.5. The zero-order valence-corrected chi connectivity index (χ0v) is 47.0. The molecule has 3 aromatic carbocycles. The van der Waals surface area contributed by atoms with E-state index in [-0.39, 0.29) is 28.7 Å². The SMILES string of the molecule is CC(=O)O[C@H]1C(=O)[C@]2(C)[C@H](O)[C@H](OC(=O)CO)[C@H]3OC[C@@]3(OC(=O)CCCC(=O)O)[C@H]2[C@H](OC(=O)c2ccccc2)[C@]2(O)C[C@H](OC(=O)[C@H](O[Si](C)(C)C(C)(C)C)[C@@H](NC(=O)c3ccccc3)c3ccccc3)C(C)=C1C2(C)C. The minimum Gasteiger partial charge on any atom is -0.481 e. The zero-order valence-electron chi connectivity index (χ0n) is 46.0. The van der Waals surface area contributed by atoms with Gasteiger partial charge in [-0.15, -0.1) is 0 Å². The fraction of sp³-hybridized carbons (Fsp3) is 0.517. The number of nitrogens with one attached hydrogen (secondary N) is 1. The van der Waals surface area contributed by atoms with E-state index in [1.807, 2.05) is 33.9 Å². The van der Waals surface area contributed by atoms with E-state index in [2.05, 4.69) is 5.32 Å². The van der Waals surface area contributed by atoms with E-state index in [0.717, 1.165) is 6.92 Å². The van der Waals surface area contributed by atoms with Gasteiger partial charge in [0.25, 0.3) is 5.91 Å². The zero-order chi connectivity index (χ0) is 58.2. The number of hydrogen-bond acceptors (Lipinski definition) is 18. The van der Waals surface area contributed by atoms with Gasteiger partial charge in [0.2, 0.25) is 0 Å². The second-order valence-corrected chi connectivity index (χ2v) is 27.8. The van der Waals surface area contributed by atoms with E-state index in [1.54, 1.807) is 78.9 Å². The minimum absolute atomic E-state index is 0.0510. The molecule has 12 atom stereocenters. The number of benzene rings is 3. The van der Waals surface area contributed by atoms with E-state index in [4.69, 9.17) is 32.8 Å². The highest BCUT2D eigenvalue weighted by molar-refractivity contribution is 6.74. The largest absolute Gasteiger partial charge is 0.481 e. The molecule has 5 N–H and O–H groups in total. The summed E-state index contributed by atoms with van der Waals surface area (Å²) < 4.78 is 44.1. The number of carboxylic acids is 1. The summed E-state index contributed by atoms with van der Waals surface area (Å²) in [7, 11) is -3.04. The summed E-state index contributed by atoms with van der Waals surface area (Å²) in [6, 6.07) is 23.3. The number of carbonyl (C=O) groups is 8. The summed E-state index contributed by atoms with van der Waals surface area (Å²) in [4.78, 5) is 113. The Kier molecular flexibility index (Phi) is 17.4. The number of Topliss-reactive ketones (excluding diaryl/α,β-unsaturated/α-hetero) is 1. The maximum absolute atomic E-state index is 16.3. The van der Waals surface area contributed by atoms with Gasteiger partial charge < -0.3 is 58.6 Å². The first kappa shape index (κ1) is 60.0. The summed E-state index contributed by atoms with van der Waals surface area (Å²) in [5, 5.41) is 48.9. The van der Waals surface area contributed by atoms with Crippen LogP contribution in [-0.4, -0.2) is 143 Å². The van der Waals surface area contributed by atoms with Crippen molar-refractivity contribution in [1.82, 2.24) is 5.32 Å². The summed E-state index contributed by atoms with van der Waals surface area (Å²) in [6.45, 7) is 14.5. The van der Waals surface area contributed by atoms with Crippen LogP contribution in [0.5, 0.6) is 0 Å². The average Bonchev–Trinajstić information content (AvgIpc) is 3.59. The molecular formula is C58H71NO19Si. The van der Waals surface area contributed by atoms with E-state index in [0.29, 0.717) is 5.56 Å². The smallest absolute Gasteiger partial charge is 0.338 e. The molecule has 0 spiro atoms. The number of fused-ring (bicyclic) bond motifs is 5. The van der Waals surface area contributed by atoms with Crippen molar-refractivity contribution in [2.45, 2.75) is 159 Å². The summed E-state index contributed by atoms with van der Waals surface area (Å²) in [6.07, 6.45) is -15.2. The molecule has 4 aliphatic rings. The van der Waals surface area contributed by atoms with Crippen LogP contribution in [0.4, 0.5) is 0 Å². The Bertz CT molecular complexity index is 2850. The van der Waals surface area contributed by atoms with Crippen LogP contribution < -0.4 is 5.32 Å². The fourth-order valence-corrected chi connectivity index (χ4v) is 12.8. The van der Waals surface area contributed by atoms with Gasteiger partial charge in [0, 0.05) is 37.2 Å². The van der Waals surface area contributed by atoms with Crippen LogP contribution in [0.25, 0.3) is 0 Å². The molecular weight excluding hydrogens is 1040 g/mol. The molecule has 2 bridgehead atoms. The van der Waals surface area contributed by atoms with Crippen molar-refractivity contribution in [3.05, 3.63) is 119 Å². The maximum Gasteiger partial charge on any atom is 0.338 e. The van der Waals surface area contributed by atoms with Crippen molar-refractivity contribution in [3.63, 3.8) is 0 Å². The van der Waals surface area contributed by atoms with E-state index in [9.17, 15) is 49.2 Å². The third kappa shape index (κ3) is 11.3.